The second-order valence-corrected chi connectivity index (χ2v) is 7.89. The van der Waals surface area contributed by atoms with Gasteiger partial charge in [-0.15, -0.1) is 0 Å². The van der Waals surface area contributed by atoms with Gasteiger partial charge in [0.25, 0.3) is 0 Å². The first-order valence-corrected chi connectivity index (χ1v) is 9.91. The average molecular weight is 463 g/mol. The fourth-order valence-electron chi connectivity index (χ4n) is 4.00. The molecule has 0 aromatic heterocycles. The highest BCUT2D eigenvalue weighted by atomic mass is 79.9. The topological polar surface area (TPSA) is 101 Å². The largest absolute Gasteiger partial charge is 0.504 e. The number of aromatic hydroxyl groups is 5. The minimum Gasteiger partial charge on any atom is -0.504 e. The van der Waals surface area contributed by atoms with Crippen molar-refractivity contribution in [2.45, 2.75) is 0 Å². The Morgan fingerprint density at radius 2 is 0.933 bits per heavy atom. The van der Waals surface area contributed by atoms with Gasteiger partial charge in [0, 0.05) is 10.0 Å². The molecule has 5 aromatic rings. The molecule has 0 atom stereocenters. The molecule has 6 heteroatoms. The molecule has 0 radical (unpaired) electrons. The molecule has 0 bridgehead atoms. The number of hydrogen-bond donors (Lipinski definition) is 5. The molecule has 5 nitrogen and oxygen atoms in total. The number of fused-ring (bicyclic) bond motifs is 3. The van der Waals surface area contributed by atoms with Crippen molar-refractivity contribution < 1.29 is 25.5 Å². The molecule has 0 unspecified atom stereocenters. The number of halogens is 1. The molecular weight excluding hydrogens is 448 g/mol. The molecule has 0 aliphatic rings. The van der Waals surface area contributed by atoms with E-state index >= 15 is 0 Å². The first kappa shape index (κ1) is 18.4. The lowest BCUT2D eigenvalue weighted by atomic mass is 9.89. The first-order valence-electron chi connectivity index (χ1n) is 9.12. The van der Waals surface area contributed by atoms with Crippen molar-refractivity contribution in [3.05, 3.63) is 65.1 Å². The summed E-state index contributed by atoms with van der Waals surface area (Å²) in [6.07, 6.45) is 0. The van der Waals surface area contributed by atoms with Crippen molar-refractivity contribution >= 4 is 48.2 Å². The van der Waals surface area contributed by atoms with Gasteiger partial charge in [-0.05, 0) is 60.4 Å². The van der Waals surface area contributed by atoms with E-state index in [9.17, 15) is 25.5 Å². The Balaban J connectivity index is 2.09. The summed E-state index contributed by atoms with van der Waals surface area (Å²) in [4.78, 5) is 0. The highest BCUT2D eigenvalue weighted by Crippen LogP contribution is 2.57. The van der Waals surface area contributed by atoms with Gasteiger partial charge in [-0.3, -0.25) is 0 Å². The Hall–Kier alpha value is -3.64. The maximum Gasteiger partial charge on any atom is 0.208 e. The van der Waals surface area contributed by atoms with Crippen molar-refractivity contribution in [2.24, 2.45) is 0 Å². The summed E-state index contributed by atoms with van der Waals surface area (Å²) in [7, 11) is 0. The smallest absolute Gasteiger partial charge is 0.208 e. The van der Waals surface area contributed by atoms with Crippen LogP contribution in [0, 0.1) is 0 Å². The minimum atomic E-state index is -0.982. The molecule has 0 spiro atoms. The van der Waals surface area contributed by atoms with Crippen LogP contribution in [0.4, 0.5) is 0 Å². The number of hydrogen-bond acceptors (Lipinski definition) is 5. The lowest BCUT2D eigenvalue weighted by molar-refractivity contribution is 0.330. The normalized spacial score (nSPS) is 11.5. The van der Waals surface area contributed by atoms with E-state index in [4.69, 9.17) is 0 Å². The molecule has 0 saturated heterocycles. The number of benzene rings is 5. The van der Waals surface area contributed by atoms with Crippen LogP contribution < -0.4 is 0 Å². The summed E-state index contributed by atoms with van der Waals surface area (Å²) in [5, 5.41) is 56.4. The van der Waals surface area contributed by atoms with E-state index in [1.165, 1.54) is 0 Å². The summed E-state index contributed by atoms with van der Waals surface area (Å²) in [5.74, 6) is -4.22. The van der Waals surface area contributed by atoms with E-state index in [1.54, 1.807) is 0 Å². The van der Waals surface area contributed by atoms with Crippen molar-refractivity contribution in [2.75, 3.05) is 0 Å². The molecule has 0 saturated carbocycles. The lowest BCUT2D eigenvalue weighted by Crippen LogP contribution is -1.91. The Bertz CT molecular complexity index is 1480. The van der Waals surface area contributed by atoms with Crippen molar-refractivity contribution in [1.82, 2.24) is 0 Å². The SMILES string of the molecule is Oc1c(O)c(O)c(-c2c3ccccc3c(Br)c3cc4ccccc4cc23)c(O)c1O. The van der Waals surface area contributed by atoms with Gasteiger partial charge in [-0.2, -0.15) is 0 Å². The summed E-state index contributed by atoms with van der Waals surface area (Å²) in [5.41, 5.74) is 0.266. The second kappa shape index (κ2) is 6.43. The Morgan fingerprint density at radius 1 is 0.467 bits per heavy atom. The van der Waals surface area contributed by atoms with Gasteiger partial charge in [0.15, 0.2) is 11.5 Å². The Labute approximate surface area is 178 Å². The molecule has 5 rings (SSSR count). The second-order valence-electron chi connectivity index (χ2n) is 7.10. The molecule has 0 amide bonds. The van der Waals surface area contributed by atoms with Crippen LogP contribution >= 0.6 is 15.9 Å². The Morgan fingerprint density at radius 3 is 1.53 bits per heavy atom. The third-order valence-electron chi connectivity index (χ3n) is 5.45. The number of phenolic OH excluding ortho intramolecular Hbond substituents is 5. The van der Waals surface area contributed by atoms with Crippen LogP contribution in [0.1, 0.15) is 0 Å². The zero-order valence-electron chi connectivity index (χ0n) is 15.4. The summed E-state index contributed by atoms with van der Waals surface area (Å²) in [6, 6.07) is 19.1. The molecule has 0 heterocycles. The van der Waals surface area contributed by atoms with Crippen LogP contribution in [-0.4, -0.2) is 25.5 Å². The van der Waals surface area contributed by atoms with Gasteiger partial charge in [0.2, 0.25) is 17.2 Å². The van der Waals surface area contributed by atoms with E-state index in [0.29, 0.717) is 16.3 Å². The summed E-state index contributed by atoms with van der Waals surface area (Å²) in [6.45, 7) is 0. The zero-order valence-corrected chi connectivity index (χ0v) is 17.0. The predicted octanol–water partition coefficient (Wildman–Crippen LogP) is 6.10. The van der Waals surface area contributed by atoms with Crippen LogP contribution in [-0.2, 0) is 0 Å². The van der Waals surface area contributed by atoms with Crippen molar-refractivity contribution in [1.29, 1.82) is 0 Å². The van der Waals surface area contributed by atoms with Crippen LogP contribution in [0.3, 0.4) is 0 Å². The first-order chi connectivity index (χ1) is 14.4. The Kier molecular flexibility index (Phi) is 3.95. The third kappa shape index (κ3) is 2.40. The molecule has 0 aliphatic carbocycles. The van der Waals surface area contributed by atoms with Crippen LogP contribution in [0.5, 0.6) is 28.7 Å². The quantitative estimate of drug-likeness (QED) is 0.117. The fraction of sp³-hybridized carbons (Fsp3) is 0. The highest BCUT2D eigenvalue weighted by Gasteiger charge is 2.27. The van der Waals surface area contributed by atoms with E-state index in [0.717, 1.165) is 26.0 Å². The van der Waals surface area contributed by atoms with Crippen molar-refractivity contribution in [3.63, 3.8) is 0 Å². The molecule has 0 fully saturated rings. The molecule has 5 N–H and O–H groups in total. The number of phenols is 5. The third-order valence-corrected chi connectivity index (χ3v) is 6.30. The minimum absolute atomic E-state index is 0.160. The summed E-state index contributed by atoms with van der Waals surface area (Å²) >= 11 is 3.69. The van der Waals surface area contributed by atoms with Crippen molar-refractivity contribution in [3.8, 4) is 39.9 Å². The molecule has 30 heavy (non-hydrogen) atoms. The van der Waals surface area contributed by atoms with E-state index < -0.39 is 28.7 Å². The standard InChI is InChI=1S/C24H15BrO5/c25-19-14-8-4-3-7-13(14)17(18-20(26)22(28)24(30)23(29)21(18)27)15-9-11-5-1-2-6-12(11)10-16(15)19/h1-10,26-30H. The van der Waals surface area contributed by atoms with Gasteiger partial charge in [0.1, 0.15) is 0 Å². The molecule has 148 valence electrons. The molecule has 0 aliphatic heterocycles. The lowest BCUT2D eigenvalue weighted by Gasteiger charge is -2.18. The average Bonchev–Trinajstić information content (AvgIpc) is 2.77. The maximum atomic E-state index is 10.6. The van der Waals surface area contributed by atoms with E-state index in [1.807, 2.05) is 60.7 Å². The zero-order chi connectivity index (χ0) is 21.2. The summed E-state index contributed by atoms with van der Waals surface area (Å²) < 4.78 is 0.841. The van der Waals surface area contributed by atoms with Gasteiger partial charge in [-0.1, -0.05) is 48.5 Å². The molecule has 5 aromatic carbocycles. The number of rotatable bonds is 1. The highest BCUT2D eigenvalue weighted by molar-refractivity contribution is 9.10. The van der Waals surface area contributed by atoms with Gasteiger partial charge in [-0.25, -0.2) is 0 Å². The fourth-order valence-corrected chi connectivity index (χ4v) is 4.68. The van der Waals surface area contributed by atoms with Crippen LogP contribution in [0.15, 0.2) is 65.1 Å². The van der Waals surface area contributed by atoms with Gasteiger partial charge >= 0.3 is 0 Å². The molecular formula is C24H15BrO5. The van der Waals surface area contributed by atoms with E-state index in [-0.39, 0.29) is 5.56 Å². The van der Waals surface area contributed by atoms with Gasteiger partial charge in [0.05, 0.1) is 5.56 Å². The monoisotopic (exact) mass is 462 g/mol. The van der Waals surface area contributed by atoms with Crippen LogP contribution in [0.2, 0.25) is 0 Å². The predicted molar refractivity (Wildman–Crippen MR) is 120 cm³/mol. The van der Waals surface area contributed by atoms with Crippen LogP contribution in [0.25, 0.3) is 43.4 Å². The van der Waals surface area contributed by atoms with E-state index in [2.05, 4.69) is 15.9 Å². The van der Waals surface area contributed by atoms with Gasteiger partial charge < -0.3 is 25.5 Å². The maximum absolute atomic E-state index is 10.6.